The minimum absolute atomic E-state index is 0.0112. The zero-order valence-electron chi connectivity index (χ0n) is 48.1. The molecule has 430 valence electrons. The number of esters is 2. The number of Topliss-reactive ketones (excluding diaryl/α,β-unsaturated/α-hetero) is 1. The van der Waals surface area contributed by atoms with E-state index in [0.29, 0.717) is 15.9 Å². The predicted octanol–water partition coefficient (Wildman–Crippen LogP) is 9.28. The fraction of sp³-hybridized carbons (Fsp3) is 0.333. The number of carbonyl (C=O) groups is 7. The molecule has 0 radical (unpaired) electrons. The molecule has 0 saturated heterocycles. The minimum atomic E-state index is -3.62. The van der Waals surface area contributed by atoms with E-state index < -0.39 is 84.5 Å². The van der Waals surface area contributed by atoms with Gasteiger partial charge in [-0.25, -0.2) is 19.2 Å². The van der Waals surface area contributed by atoms with Crippen LogP contribution < -0.4 is 37.2 Å². The van der Waals surface area contributed by atoms with Crippen molar-refractivity contribution < 1.29 is 52.5 Å². The van der Waals surface area contributed by atoms with Crippen molar-refractivity contribution in [2.24, 2.45) is 11.8 Å². The van der Waals surface area contributed by atoms with E-state index in [2.05, 4.69) is 21.3 Å². The number of nitrogens with one attached hydrogen (secondary N) is 4. The van der Waals surface area contributed by atoms with Crippen LogP contribution in [0.1, 0.15) is 97.8 Å². The number of fused-ring (bicyclic) bond motifs is 3. The number of hydrogen-bond acceptors (Lipinski definition) is 11. The molecule has 4 amide bonds. The molecular weight excluding hydrogens is 1060 g/mol. The van der Waals surface area contributed by atoms with Gasteiger partial charge in [0.15, 0.2) is 5.78 Å². The zero-order chi connectivity index (χ0) is 59.1. The van der Waals surface area contributed by atoms with E-state index in [1.807, 2.05) is 198 Å². The van der Waals surface area contributed by atoms with Gasteiger partial charge in [0.05, 0.1) is 11.3 Å². The van der Waals surface area contributed by atoms with E-state index in [1.165, 1.54) is 13.8 Å². The molecule has 0 heterocycles. The highest BCUT2D eigenvalue weighted by Crippen LogP contribution is 2.47. The fourth-order valence-corrected chi connectivity index (χ4v) is 14.5. The Balaban J connectivity index is 1.24. The molecule has 82 heavy (non-hydrogen) atoms. The second kappa shape index (κ2) is 27.9. The SMILES string of the molecule is CC(C)C[C@H](NC(=O)C(C(=O)[C@H](CC(C)C)NC(=O)[C@@H](NC(=O)OC(C)(C)C)C(C)OC(=O)[C@@H](C)NC(=O)OCC1c2ccccc2-c2ccccc21)=P(c1ccccc1)(c1ccccc1)c1ccccc1)C(=O)OCc1ccccc1. The van der Waals surface area contributed by atoms with Crippen LogP contribution in [0.4, 0.5) is 9.59 Å². The Morgan fingerprint density at radius 2 is 0.976 bits per heavy atom. The van der Waals surface area contributed by atoms with E-state index in [9.17, 15) is 19.2 Å². The van der Waals surface area contributed by atoms with Gasteiger partial charge < -0.3 is 40.2 Å². The molecule has 1 aliphatic rings. The van der Waals surface area contributed by atoms with E-state index >= 15 is 14.4 Å². The quantitative estimate of drug-likeness (QED) is 0.0206. The van der Waals surface area contributed by atoms with Crippen molar-refractivity contribution in [3.05, 3.63) is 187 Å². The number of ether oxygens (including phenoxy) is 4. The van der Waals surface area contributed by atoms with Gasteiger partial charge in [-0.2, -0.15) is 0 Å². The van der Waals surface area contributed by atoms with Gasteiger partial charge in [-0.15, -0.1) is 0 Å². The van der Waals surface area contributed by atoms with Crippen LogP contribution in [0, 0.1) is 11.8 Å². The monoisotopic (exact) mass is 1130 g/mol. The summed E-state index contributed by atoms with van der Waals surface area (Å²) in [4.78, 5) is 103. The van der Waals surface area contributed by atoms with Crippen molar-refractivity contribution in [3.8, 4) is 11.1 Å². The Morgan fingerprint density at radius 3 is 1.46 bits per heavy atom. The lowest BCUT2D eigenvalue weighted by molar-refractivity contribution is -0.153. The molecule has 0 bridgehead atoms. The number of benzene rings is 6. The summed E-state index contributed by atoms with van der Waals surface area (Å²) in [7, 11) is 0. The Bertz CT molecular complexity index is 3110. The first-order valence-electron chi connectivity index (χ1n) is 27.8. The lowest BCUT2D eigenvalue weighted by atomic mass is 9.97. The standard InChI is InChI=1S/C66H75N4O11P/c1-42(2)38-55(68-60(72)57(70-65(77)81-66(7,8)9)45(6)80-62(74)44(5)67-64(76)79-41-54-52-36-24-22-34-50(52)51-35-23-25-37-53(51)54)58(71)59(61(73)69-56(39-43(3)4)63(75)78-40-46-26-14-10-15-27-46)82(47-28-16-11-17-29-47,48-30-18-12-19-31-48)49-32-20-13-21-33-49/h10-37,42-45,54-57H,38-41H2,1-9H3,(H,67,76)(H,68,72)(H,69,73)(H,70,77)/t44-,45?,55+,56+,57+/m1/s1. The molecule has 16 heteroatoms. The molecule has 1 aliphatic carbocycles. The molecule has 0 fully saturated rings. The molecule has 1 unspecified atom stereocenters. The third-order valence-electron chi connectivity index (χ3n) is 13.8. The molecule has 6 aromatic rings. The average Bonchev–Trinajstić information content (AvgIpc) is 1.45. The molecule has 0 spiro atoms. The summed E-state index contributed by atoms with van der Waals surface area (Å²) in [5.41, 5.74) is 3.82. The summed E-state index contributed by atoms with van der Waals surface area (Å²) in [5.74, 6) is -4.85. The number of rotatable bonds is 23. The van der Waals surface area contributed by atoms with Gasteiger partial charge in [0.2, 0.25) is 5.91 Å². The summed E-state index contributed by atoms with van der Waals surface area (Å²) in [6.45, 7) is 11.5. The van der Waals surface area contributed by atoms with E-state index in [1.54, 1.807) is 20.8 Å². The van der Waals surface area contributed by atoms with Crippen LogP contribution in [0.2, 0.25) is 0 Å². The second-order valence-electron chi connectivity index (χ2n) is 22.3. The summed E-state index contributed by atoms with van der Waals surface area (Å²) >= 11 is 0. The van der Waals surface area contributed by atoms with Crippen molar-refractivity contribution in [1.29, 1.82) is 0 Å². The van der Waals surface area contributed by atoms with Crippen LogP contribution in [0.5, 0.6) is 0 Å². The van der Waals surface area contributed by atoms with E-state index in [0.717, 1.165) is 27.8 Å². The van der Waals surface area contributed by atoms with Gasteiger partial charge in [0, 0.05) is 5.92 Å². The van der Waals surface area contributed by atoms with Gasteiger partial charge in [-0.3, -0.25) is 14.4 Å². The topological polar surface area (TPSA) is 205 Å². The highest BCUT2D eigenvalue weighted by Gasteiger charge is 2.43. The first-order chi connectivity index (χ1) is 39.2. The Labute approximate surface area is 481 Å². The third kappa shape index (κ3) is 15.4. The lowest BCUT2D eigenvalue weighted by Crippen LogP contribution is -2.59. The smallest absolute Gasteiger partial charge is 0.408 e. The Morgan fingerprint density at radius 1 is 0.512 bits per heavy atom. The van der Waals surface area contributed by atoms with Crippen molar-refractivity contribution in [1.82, 2.24) is 21.3 Å². The average molecular weight is 1130 g/mol. The van der Waals surface area contributed by atoms with Gasteiger partial charge >= 0.3 is 24.1 Å². The zero-order valence-corrected chi connectivity index (χ0v) is 48.9. The Hall–Kier alpha value is -8.29. The summed E-state index contributed by atoms with van der Waals surface area (Å²) in [6.07, 6.45) is -3.21. The predicted molar refractivity (Wildman–Crippen MR) is 321 cm³/mol. The number of amides is 4. The fourth-order valence-electron chi connectivity index (χ4n) is 10.1. The lowest BCUT2D eigenvalue weighted by Gasteiger charge is -2.34. The number of carbonyl (C=O) groups excluding carboxylic acids is 7. The summed E-state index contributed by atoms with van der Waals surface area (Å²) < 4.78 is 23.0. The van der Waals surface area contributed by atoms with E-state index in [4.69, 9.17) is 18.9 Å². The van der Waals surface area contributed by atoms with Crippen LogP contribution in [0.3, 0.4) is 0 Å². The minimum Gasteiger partial charge on any atom is -0.459 e. The molecule has 0 aliphatic heterocycles. The number of ketones is 1. The maximum atomic E-state index is 16.4. The molecule has 0 saturated carbocycles. The first kappa shape index (κ1) is 61.3. The largest absolute Gasteiger partial charge is 0.459 e. The molecule has 6 aromatic carbocycles. The molecule has 7 rings (SSSR count). The number of alkyl carbamates (subject to hydrolysis) is 2. The van der Waals surface area contributed by atoms with Gasteiger partial charge in [0.25, 0.3) is 5.91 Å². The molecule has 0 aromatic heterocycles. The maximum absolute atomic E-state index is 16.4. The molecule has 15 nitrogen and oxygen atoms in total. The maximum Gasteiger partial charge on any atom is 0.408 e. The van der Waals surface area contributed by atoms with Crippen molar-refractivity contribution in [2.45, 2.75) is 124 Å². The highest BCUT2D eigenvalue weighted by atomic mass is 31.2. The molecule has 4 N–H and O–H groups in total. The van der Waals surface area contributed by atoms with Crippen molar-refractivity contribution in [2.75, 3.05) is 6.61 Å². The van der Waals surface area contributed by atoms with Crippen molar-refractivity contribution >= 4 is 69.8 Å². The summed E-state index contributed by atoms with van der Waals surface area (Å²) in [5, 5.41) is 12.7. The van der Waals surface area contributed by atoms with Crippen LogP contribution in [0.25, 0.3) is 11.1 Å². The third-order valence-corrected chi connectivity index (χ3v) is 18.1. The van der Waals surface area contributed by atoms with Crippen LogP contribution in [0.15, 0.2) is 170 Å². The Kier molecular flexibility index (Phi) is 20.9. The second-order valence-corrected chi connectivity index (χ2v) is 25.6. The highest BCUT2D eigenvalue weighted by molar-refractivity contribution is 7.97. The number of hydrogen-bond donors (Lipinski definition) is 4. The van der Waals surface area contributed by atoms with E-state index in [-0.39, 0.29) is 49.1 Å². The van der Waals surface area contributed by atoms with Gasteiger partial charge in [-0.05, 0) is 110 Å². The first-order valence-corrected chi connectivity index (χ1v) is 29.6. The van der Waals surface area contributed by atoms with Crippen molar-refractivity contribution in [3.63, 3.8) is 0 Å². The normalized spacial score (nSPS) is 13.9. The van der Waals surface area contributed by atoms with Crippen LogP contribution >= 0.6 is 6.89 Å². The van der Waals surface area contributed by atoms with Gasteiger partial charge in [-0.1, -0.05) is 198 Å². The van der Waals surface area contributed by atoms with Gasteiger partial charge in [0.1, 0.15) is 43.0 Å². The molecular formula is C66H75N4O11P. The summed E-state index contributed by atoms with van der Waals surface area (Å²) in [6, 6.07) is 46.9. The molecule has 5 atom stereocenters. The van der Waals surface area contributed by atoms with Crippen LogP contribution in [-0.4, -0.2) is 89.5 Å². The van der Waals surface area contributed by atoms with Crippen LogP contribution in [-0.2, 0) is 49.5 Å².